The van der Waals surface area contributed by atoms with Crippen LogP contribution in [0.4, 0.5) is 22.4 Å². The molecule has 3 rings (SSSR count). The summed E-state index contributed by atoms with van der Waals surface area (Å²) in [5.41, 5.74) is 0.247. The van der Waals surface area contributed by atoms with Crippen molar-refractivity contribution in [2.75, 3.05) is 35.4 Å². The van der Waals surface area contributed by atoms with Gasteiger partial charge < -0.3 is 26.0 Å². The fourth-order valence-corrected chi connectivity index (χ4v) is 5.76. The van der Waals surface area contributed by atoms with Crippen molar-refractivity contribution < 1.29 is 22.7 Å². The normalized spacial score (nSPS) is 19.9. The molecule has 1 amide bonds. The SMILES string of the molecule is CCOC(=O)S1=CC(C)(Nc2nc(NCc3ccc(S(C)(=O)=O)cc3)cc(NC(C)NC(C)=O)n2)CN1. The fraction of sp³-hybridized carbons (Fsp3) is 0.435. The number of carbonyl (C=O) groups is 2. The number of rotatable bonds is 10. The van der Waals surface area contributed by atoms with Crippen LogP contribution in [0, 0.1) is 0 Å². The van der Waals surface area contributed by atoms with Crippen LogP contribution in [0.5, 0.6) is 0 Å². The van der Waals surface area contributed by atoms with Gasteiger partial charge in [0.15, 0.2) is 9.84 Å². The molecule has 0 saturated heterocycles. The zero-order chi connectivity index (χ0) is 27.2. The van der Waals surface area contributed by atoms with E-state index in [-0.39, 0.29) is 22.3 Å². The van der Waals surface area contributed by atoms with E-state index in [0.717, 1.165) is 5.56 Å². The van der Waals surface area contributed by atoms with E-state index in [1.165, 1.54) is 13.2 Å². The van der Waals surface area contributed by atoms with Crippen molar-refractivity contribution in [3.8, 4) is 0 Å². The summed E-state index contributed by atoms with van der Waals surface area (Å²) in [5, 5.41) is 13.9. The standard InChI is InChI=1S/C23H33N7O5S2/c1-6-35-22(32)36-14-23(4,13-25-36)30-21-28-19(11-20(29-21)27-15(2)26-16(3)31)24-12-17-7-9-18(10-8-17)37(5,33)34/h7-11,14-15,25H,6,12-13H2,1-5H3,(H,26,31)(H3,24,27,28,29,30). The Balaban J connectivity index is 1.81. The highest BCUT2D eigenvalue weighted by molar-refractivity contribution is 8.26. The van der Waals surface area contributed by atoms with E-state index in [9.17, 15) is 18.0 Å². The van der Waals surface area contributed by atoms with Crippen molar-refractivity contribution in [3.63, 3.8) is 0 Å². The predicted octanol–water partition coefficient (Wildman–Crippen LogP) is 2.30. The van der Waals surface area contributed by atoms with E-state index in [0.29, 0.717) is 37.3 Å². The Morgan fingerprint density at radius 2 is 1.89 bits per heavy atom. The molecule has 0 fully saturated rings. The molecule has 202 valence electrons. The third kappa shape index (κ3) is 8.40. The molecule has 0 spiro atoms. The molecule has 1 aromatic heterocycles. The van der Waals surface area contributed by atoms with Gasteiger partial charge in [0.2, 0.25) is 11.9 Å². The molecule has 1 aromatic carbocycles. The quantitative estimate of drug-likeness (QED) is 0.167. The number of nitrogens with zero attached hydrogens (tertiary/aromatic N) is 2. The molecule has 14 heteroatoms. The van der Waals surface area contributed by atoms with Gasteiger partial charge in [-0.2, -0.15) is 9.97 Å². The van der Waals surface area contributed by atoms with Crippen LogP contribution in [0.2, 0.25) is 0 Å². The summed E-state index contributed by atoms with van der Waals surface area (Å²) in [7, 11) is -4.13. The zero-order valence-corrected chi connectivity index (χ0v) is 23.0. The van der Waals surface area contributed by atoms with Crippen LogP contribution in [0.1, 0.15) is 33.3 Å². The van der Waals surface area contributed by atoms with E-state index < -0.39 is 26.0 Å². The van der Waals surface area contributed by atoms with E-state index >= 15 is 0 Å². The summed E-state index contributed by atoms with van der Waals surface area (Å²) in [6, 6.07) is 8.30. The second-order valence-corrected chi connectivity index (χ2v) is 12.3. The summed E-state index contributed by atoms with van der Waals surface area (Å²) >= 11 is 0. The second kappa shape index (κ2) is 11.9. The van der Waals surface area contributed by atoms with E-state index in [1.807, 2.05) is 12.3 Å². The molecule has 0 aliphatic carbocycles. The van der Waals surface area contributed by atoms with Crippen LogP contribution in [0.25, 0.3) is 0 Å². The molecule has 3 atom stereocenters. The first-order valence-corrected chi connectivity index (χ1v) is 14.8. The number of aromatic nitrogens is 2. The highest BCUT2D eigenvalue weighted by Gasteiger charge is 2.31. The van der Waals surface area contributed by atoms with Gasteiger partial charge in [-0.1, -0.05) is 12.1 Å². The number of anilines is 3. The molecular weight excluding hydrogens is 518 g/mol. The lowest BCUT2D eigenvalue weighted by Gasteiger charge is -2.24. The molecule has 1 aliphatic heterocycles. The van der Waals surface area contributed by atoms with Gasteiger partial charge in [0.25, 0.3) is 0 Å². The first-order valence-electron chi connectivity index (χ1n) is 11.6. The fourth-order valence-electron chi connectivity index (χ4n) is 3.47. The third-order valence-corrected chi connectivity index (χ3v) is 7.96. The smallest absolute Gasteiger partial charge is 0.375 e. The summed E-state index contributed by atoms with van der Waals surface area (Å²) in [6.45, 7) is 8.05. The number of amides is 1. The van der Waals surface area contributed by atoms with Crippen molar-refractivity contribution in [1.29, 1.82) is 0 Å². The number of nitrogens with one attached hydrogen (secondary N) is 5. The Morgan fingerprint density at radius 1 is 1.22 bits per heavy atom. The number of hydrogen-bond acceptors (Lipinski definition) is 11. The first-order chi connectivity index (χ1) is 17.4. The number of sulfone groups is 1. The molecule has 0 saturated carbocycles. The van der Waals surface area contributed by atoms with Crippen molar-refractivity contribution in [1.82, 2.24) is 20.0 Å². The van der Waals surface area contributed by atoms with Crippen molar-refractivity contribution in [3.05, 3.63) is 35.9 Å². The molecule has 5 N–H and O–H groups in total. The van der Waals surface area contributed by atoms with Gasteiger partial charge in [-0.05, 0) is 54.5 Å². The van der Waals surface area contributed by atoms with E-state index in [4.69, 9.17) is 4.74 Å². The van der Waals surface area contributed by atoms with Crippen LogP contribution < -0.4 is 26.0 Å². The summed E-state index contributed by atoms with van der Waals surface area (Å²) in [6.07, 6.45) is 0.779. The Labute approximate surface area is 219 Å². The molecule has 1 aliphatic rings. The van der Waals surface area contributed by atoms with Gasteiger partial charge in [-0.25, -0.2) is 13.2 Å². The number of carbonyl (C=O) groups excluding carboxylic acids is 2. The Morgan fingerprint density at radius 3 is 2.51 bits per heavy atom. The Hall–Kier alpha value is -3.23. The first kappa shape index (κ1) is 28.3. The highest BCUT2D eigenvalue weighted by atomic mass is 32.2. The monoisotopic (exact) mass is 551 g/mol. The van der Waals surface area contributed by atoms with Crippen molar-refractivity contribution in [2.24, 2.45) is 0 Å². The van der Waals surface area contributed by atoms with Crippen LogP contribution in [-0.2, 0) is 25.9 Å². The molecular formula is C23H33N7O5S2. The third-order valence-electron chi connectivity index (χ3n) is 5.15. The van der Waals surface area contributed by atoms with Crippen LogP contribution >= 0.6 is 10.7 Å². The maximum Gasteiger partial charge on any atom is 0.375 e. The van der Waals surface area contributed by atoms with Gasteiger partial charge in [0.1, 0.15) is 11.6 Å². The molecule has 3 unspecified atom stereocenters. The topological polar surface area (TPSA) is 163 Å². The van der Waals surface area contributed by atoms with Gasteiger partial charge in [-0.15, -0.1) is 0 Å². The minimum atomic E-state index is -3.27. The number of ether oxygens (including phenoxy) is 1. The molecule has 0 radical (unpaired) electrons. The van der Waals surface area contributed by atoms with E-state index in [2.05, 4.69) is 36.0 Å². The van der Waals surface area contributed by atoms with Gasteiger partial charge >= 0.3 is 5.30 Å². The molecule has 2 heterocycles. The lowest BCUT2D eigenvalue weighted by Crippen LogP contribution is -2.41. The zero-order valence-electron chi connectivity index (χ0n) is 21.4. The number of benzene rings is 1. The van der Waals surface area contributed by atoms with Gasteiger partial charge in [-0.3, -0.25) is 9.52 Å². The lowest BCUT2D eigenvalue weighted by atomic mass is 10.1. The van der Waals surface area contributed by atoms with Crippen LogP contribution in [0.3, 0.4) is 0 Å². The number of hydrogen-bond donors (Lipinski definition) is 5. The minimum absolute atomic E-state index is 0.187. The largest absolute Gasteiger partial charge is 0.457 e. The summed E-state index contributed by atoms with van der Waals surface area (Å²) in [4.78, 5) is 32.9. The Bertz CT molecular complexity index is 1280. The van der Waals surface area contributed by atoms with Crippen molar-refractivity contribution in [2.45, 2.75) is 50.8 Å². The second-order valence-electron chi connectivity index (χ2n) is 8.80. The lowest BCUT2D eigenvalue weighted by molar-refractivity contribution is -0.119. The molecule has 2 aromatic rings. The Kier molecular flexibility index (Phi) is 9.10. The predicted molar refractivity (Wildman–Crippen MR) is 147 cm³/mol. The average molecular weight is 552 g/mol. The van der Waals surface area contributed by atoms with Crippen molar-refractivity contribution >= 4 is 54.7 Å². The van der Waals surface area contributed by atoms with Crippen LogP contribution in [0.15, 0.2) is 35.2 Å². The summed E-state index contributed by atoms with van der Waals surface area (Å²) < 4.78 is 31.7. The molecule has 37 heavy (non-hydrogen) atoms. The maximum atomic E-state index is 12.1. The molecule has 12 nitrogen and oxygen atoms in total. The van der Waals surface area contributed by atoms with Gasteiger partial charge in [0.05, 0.1) is 23.2 Å². The molecule has 0 bridgehead atoms. The van der Waals surface area contributed by atoms with Gasteiger partial charge in [0, 0.05) is 32.3 Å². The minimum Gasteiger partial charge on any atom is -0.457 e. The average Bonchev–Trinajstić information content (AvgIpc) is 3.18. The van der Waals surface area contributed by atoms with Crippen LogP contribution in [-0.4, -0.2) is 66.1 Å². The van der Waals surface area contributed by atoms with E-state index in [1.54, 1.807) is 44.2 Å². The maximum absolute atomic E-state index is 12.1. The highest BCUT2D eigenvalue weighted by Crippen LogP contribution is 2.25. The summed E-state index contributed by atoms with van der Waals surface area (Å²) in [5.74, 6) is 1.09.